The molecule has 0 radical (unpaired) electrons. The lowest BCUT2D eigenvalue weighted by Gasteiger charge is -2.09. The maximum absolute atomic E-state index is 12.0. The fourth-order valence-electron chi connectivity index (χ4n) is 2.37. The Morgan fingerprint density at radius 3 is 2.76 bits per heavy atom. The van der Waals surface area contributed by atoms with Gasteiger partial charge in [0, 0.05) is 13.0 Å². The number of halogens is 2. The summed E-state index contributed by atoms with van der Waals surface area (Å²) in [6.07, 6.45) is 2.57. The number of hydrogen-bond donors (Lipinski definition) is 2. The van der Waals surface area contributed by atoms with Gasteiger partial charge in [0.15, 0.2) is 0 Å². The molecule has 1 aromatic carbocycles. The molecule has 0 aliphatic carbocycles. The third-order valence-electron chi connectivity index (χ3n) is 3.58. The topological polar surface area (TPSA) is 50.4 Å². The smallest absolute Gasteiger partial charge is 0.387 e. The summed E-state index contributed by atoms with van der Waals surface area (Å²) in [6, 6.07) is 6.27. The molecule has 0 bridgehead atoms. The minimum absolute atomic E-state index is 0.0230. The summed E-state index contributed by atoms with van der Waals surface area (Å²) >= 11 is 0. The second kappa shape index (κ2) is 7.93. The third kappa shape index (κ3) is 5.67. The van der Waals surface area contributed by atoms with Crippen LogP contribution in [-0.4, -0.2) is 25.6 Å². The fourth-order valence-corrected chi connectivity index (χ4v) is 2.37. The predicted molar refractivity (Wildman–Crippen MR) is 75.1 cm³/mol. The molecule has 1 atom stereocenters. The fraction of sp³-hybridized carbons (Fsp3) is 0.533. The lowest BCUT2D eigenvalue weighted by atomic mass is 10.0. The molecule has 0 saturated carbocycles. The van der Waals surface area contributed by atoms with Crippen molar-refractivity contribution in [3.63, 3.8) is 0 Å². The second-order valence-corrected chi connectivity index (χ2v) is 5.20. The number of nitrogens with one attached hydrogen (secondary N) is 2. The summed E-state index contributed by atoms with van der Waals surface area (Å²) in [5.41, 5.74) is 0.854. The van der Waals surface area contributed by atoms with Gasteiger partial charge in [0.25, 0.3) is 0 Å². The normalized spacial score (nSPS) is 18.0. The van der Waals surface area contributed by atoms with Crippen LogP contribution in [-0.2, 0) is 11.3 Å². The van der Waals surface area contributed by atoms with Gasteiger partial charge in [-0.3, -0.25) is 4.79 Å². The van der Waals surface area contributed by atoms with Crippen molar-refractivity contribution in [1.29, 1.82) is 0 Å². The molecule has 6 heteroatoms. The van der Waals surface area contributed by atoms with Gasteiger partial charge in [0.2, 0.25) is 5.91 Å². The van der Waals surface area contributed by atoms with Crippen molar-refractivity contribution in [3.05, 3.63) is 29.8 Å². The lowest BCUT2D eigenvalue weighted by molar-refractivity contribution is -0.121. The van der Waals surface area contributed by atoms with E-state index >= 15 is 0 Å². The highest BCUT2D eigenvalue weighted by molar-refractivity contribution is 5.75. The zero-order valence-corrected chi connectivity index (χ0v) is 11.8. The number of hydrogen-bond acceptors (Lipinski definition) is 3. The molecule has 1 unspecified atom stereocenters. The minimum Gasteiger partial charge on any atom is -0.435 e. The van der Waals surface area contributed by atoms with Crippen LogP contribution < -0.4 is 15.4 Å². The van der Waals surface area contributed by atoms with Crippen LogP contribution in [0, 0.1) is 5.92 Å². The molecular weight excluding hydrogens is 278 g/mol. The highest BCUT2D eigenvalue weighted by Gasteiger charge is 2.15. The Bertz CT molecular complexity index is 445. The maximum Gasteiger partial charge on any atom is 0.387 e. The zero-order valence-electron chi connectivity index (χ0n) is 11.8. The molecule has 0 aromatic heterocycles. The maximum atomic E-state index is 12.0. The van der Waals surface area contributed by atoms with Crippen LogP contribution in [0.25, 0.3) is 0 Å². The van der Waals surface area contributed by atoms with E-state index in [9.17, 15) is 13.6 Å². The molecule has 1 aliphatic heterocycles. The third-order valence-corrected chi connectivity index (χ3v) is 3.58. The van der Waals surface area contributed by atoms with Crippen LogP contribution >= 0.6 is 0 Å². The molecule has 116 valence electrons. The number of amides is 1. The molecule has 1 saturated heterocycles. The Balaban J connectivity index is 1.68. The van der Waals surface area contributed by atoms with Gasteiger partial charge in [0.1, 0.15) is 5.75 Å². The van der Waals surface area contributed by atoms with Crippen LogP contribution in [0.15, 0.2) is 24.3 Å². The number of ether oxygens (including phenoxy) is 1. The van der Waals surface area contributed by atoms with E-state index in [1.807, 2.05) is 0 Å². The van der Waals surface area contributed by atoms with Crippen LogP contribution in [0.2, 0.25) is 0 Å². The van der Waals surface area contributed by atoms with Crippen LogP contribution in [0.5, 0.6) is 5.75 Å². The van der Waals surface area contributed by atoms with Crippen LogP contribution in [0.3, 0.4) is 0 Å². The first-order valence-corrected chi connectivity index (χ1v) is 7.14. The van der Waals surface area contributed by atoms with E-state index in [0.717, 1.165) is 31.5 Å². The van der Waals surface area contributed by atoms with Crippen molar-refractivity contribution in [2.24, 2.45) is 5.92 Å². The zero-order chi connectivity index (χ0) is 15.1. The van der Waals surface area contributed by atoms with Crippen molar-refractivity contribution in [1.82, 2.24) is 10.6 Å². The van der Waals surface area contributed by atoms with Crippen molar-refractivity contribution in [2.75, 3.05) is 13.1 Å². The van der Waals surface area contributed by atoms with Crippen LogP contribution in [0.1, 0.15) is 24.8 Å². The molecule has 1 aliphatic rings. The van der Waals surface area contributed by atoms with E-state index in [0.29, 0.717) is 18.9 Å². The van der Waals surface area contributed by atoms with E-state index in [1.165, 1.54) is 12.1 Å². The molecule has 4 nitrogen and oxygen atoms in total. The van der Waals surface area contributed by atoms with Gasteiger partial charge in [0.05, 0.1) is 0 Å². The summed E-state index contributed by atoms with van der Waals surface area (Å²) in [6.45, 7) is -0.379. The number of alkyl halides is 2. The Labute approximate surface area is 122 Å². The minimum atomic E-state index is -2.82. The predicted octanol–water partition coefficient (Wildman–Crippen LogP) is 2.29. The summed E-state index contributed by atoms with van der Waals surface area (Å²) < 4.78 is 28.3. The number of rotatable bonds is 7. The van der Waals surface area contributed by atoms with E-state index in [2.05, 4.69) is 15.4 Å². The van der Waals surface area contributed by atoms with Gasteiger partial charge >= 0.3 is 6.61 Å². The van der Waals surface area contributed by atoms with Crippen molar-refractivity contribution < 1.29 is 18.3 Å². The molecule has 1 aromatic rings. The van der Waals surface area contributed by atoms with Crippen LogP contribution in [0.4, 0.5) is 8.78 Å². The molecule has 0 spiro atoms. The number of benzene rings is 1. The first kappa shape index (κ1) is 15.7. The van der Waals surface area contributed by atoms with Crippen molar-refractivity contribution in [2.45, 2.75) is 32.4 Å². The SMILES string of the molecule is O=C(CCC1CCNC1)NCc1ccc(OC(F)F)cc1. The van der Waals surface area contributed by atoms with Gasteiger partial charge in [-0.2, -0.15) is 8.78 Å². The standard InChI is InChI=1S/C15H20F2N2O2/c16-15(17)21-13-4-1-11(2-5-13)10-19-14(20)6-3-12-7-8-18-9-12/h1-2,4-5,12,15,18H,3,6-10H2,(H,19,20). The molecule has 1 amide bonds. The van der Waals surface area contributed by atoms with Gasteiger partial charge in [-0.25, -0.2) is 0 Å². The Morgan fingerprint density at radius 2 is 2.14 bits per heavy atom. The largest absolute Gasteiger partial charge is 0.435 e. The second-order valence-electron chi connectivity index (χ2n) is 5.20. The molecule has 1 fully saturated rings. The Morgan fingerprint density at radius 1 is 1.38 bits per heavy atom. The van der Waals surface area contributed by atoms with Crippen molar-refractivity contribution in [3.8, 4) is 5.75 Å². The average molecular weight is 298 g/mol. The highest BCUT2D eigenvalue weighted by atomic mass is 19.3. The first-order chi connectivity index (χ1) is 10.1. The molecule has 2 N–H and O–H groups in total. The molecule has 21 heavy (non-hydrogen) atoms. The average Bonchev–Trinajstić information content (AvgIpc) is 2.97. The summed E-state index contributed by atoms with van der Waals surface area (Å²) in [4.78, 5) is 11.7. The van der Waals surface area contributed by atoms with Gasteiger partial charge in [-0.15, -0.1) is 0 Å². The summed E-state index contributed by atoms with van der Waals surface area (Å²) in [7, 11) is 0. The summed E-state index contributed by atoms with van der Waals surface area (Å²) in [5.74, 6) is 0.741. The van der Waals surface area contributed by atoms with Gasteiger partial charge < -0.3 is 15.4 Å². The highest BCUT2D eigenvalue weighted by Crippen LogP contribution is 2.16. The number of carbonyl (C=O) groups excluding carboxylic acids is 1. The Hall–Kier alpha value is -1.69. The van der Waals surface area contributed by atoms with E-state index in [-0.39, 0.29) is 11.7 Å². The van der Waals surface area contributed by atoms with Gasteiger partial charge in [-0.05, 0) is 49.5 Å². The molecule has 1 heterocycles. The van der Waals surface area contributed by atoms with E-state index in [4.69, 9.17) is 0 Å². The van der Waals surface area contributed by atoms with Gasteiger partial charge in [-0.1, -0.05) is 12.1 Å². The molecular formula is C15H20F2N2O2. The lowest BCUT2D eigenvalue weighted by Crippen LogP contribution is -2.23. The van der Waals surface area contributed by atoms with E-state index < -0.39 is 6.61 Å². The van der Waals surface area contributed by atoms with Crippen molar-refractivity contribution >= 4 is 5.91 Å². The number of carbonyl (C=O) groups is 1. The quantitative estimate of drug-likeness (QED) is 0.812. The Kier molecular flexibility index (Phi) is 5.92. The first-order valence-electron chi connectivity index (χ1n) is 7.14. The van der Waals surface area contributed by atoms with E-state index in [1.54, 1.807) is 12.1 Å². The summed E-state index contributed by atoms with van der Waals surface area (Å²) in [5, 5.41) is 6.11. The monoisotopic (exact) mass is 298 g/mol. The molecule has 2 rings (SSSR count).